The average molecular weight is 192 g/mol. The lowest BCUT2D eigenvalue weighted by molar-refractivity contribution is -0.137. The molecule has 1 aromatic rings. The first-order valence-electron chi connectivity index (χ1n) is 4.28. The molecule has 0 saturated heterocycles. The van der Waals surface area contributed by atoms with Gasteiger partial charge in [-0.1, -0.05) is 0 Å². The maximum Gasteiger partial charge on any atom is 0.332 e. The van der Waals surface area contributed by atoms with Gasteiger partial charge >= 0.3 is 5.97 Å². The molecule has 0 aromatic carbocycles. The fraction of sp³-hybridized carbons (Fsp3) is 0.200. The quantitative estimate of drug-likeness (QED) is 0.572. The summed E-state index contributed by atoms with van der Waals surface area (Å²) in [7, 11) is 0. The van der Waals surface area contributed by atoms with Crippen molar-refractivity contribution in [1.82, 2.24) is 4.98 Å². The van der Waals surface area contributed by atoms with Gasteiger partial charge in [0, 0.05) is 29.7 Å². The third-order valence-electron chi connectivity index (χ3n) is 1.57. The van der Waals surface area contributed by atoms with Crippen molar-refractivity contribution in [3.05, 3.63) is 36.2 Å². The Morgan fingerprint density at radius 3 is 2.79 bits per heavy atom. The molecule has 1 rings (SSSR count). The summed E-state index contributed by atoms with van der Waals surface area (Å²) in [4.78, 5) is 14.9. The topological polar surface area (TPSA) is 65.2 Å². The molecule has 0 saturated carbocycles. The predicted molar refractivity (Wildman–Crippen MR) is 53.0 cm³/mol. The molecule has 1 aromatic heterocycles. The van der Waals surface area contributed by atoms with Crippen LogP contribution in [-0.4, -0.2) is 17.6 Å². The zero-order chi connectivity index (χ0) is 10.4. The SMILES string of the molecule is CCOC(=O)/C=C(/N)c1ccncc1. The van der Waals surface area contributed by atoms with Crippen molar-refractivity contribution in [2.24, 2.45) is 5.73 Å². The van der Waals surface area contributed by atoms with Gasteiger partial charge in [0.05, 0.1) is 6.61 Å². The highest BCUT2D eigenvalue weighted by atomic mass is 16.5. The molecule has 0 fully saturated rings. The summed E-state index contributed by atoms with van der Waals surface area (Å²) >= 11 is 0. The summed E-state index contributed by atoms with van der Waals surface area (Å²) in [5, 5.41) is 0. The van der Waals surface area contributed by atoms with Crippen LogP contribution >= 0.6 is 0 Å². The molecular formula is C10H12N2O2. The monoisotopic (exact) mass is 192 g/mol. The van der Waals surface area contributed by atoms with E-state index in [1.807, 2.05) is 0 Å². The Bertz CT molecular complexity index is 333. The third-order valence-corrected chi connectivity index (χ3v) is 1.57. The van der Waals surface area contributed by atoms with E-state index in [0.717, 1.165) is 5.56 Å². The molecular weight excluding hydrogens is 180 g/mol. The Balaban J connectivity index is 2.75. The van der Waals surface area contributed by atoms with Crippen LogP contribution in [0.2, 0.25) is 0 Å². The standard InChI is InChI=1S/C10H12N2O2/c1-2-14-10(13)7-9(11)8-3-5-12-6-4-8/h3-7H,2,11H2,1H3/b9-7+. The second-order valence-electron chi connectivity index (χ2n) is 2.59. The van der Waals surface area contributed by atoms with Crippen LogP contribution in [0, 0.1) is 0 Å². The molecule has 0 atom stereocenters. The number of hydrogen-bond donors (Lipinski definition) is 1. The van der Waals surface area contributed by atoms with E-state index in [2.05, 4.69) is 4.98 Å². The van der Waals surface area contributed by atoms with Crippen LogP contribution in [-0.2, 0) is 9.53 Å². The molecule has 2 N–H and O–H groups in total. The molecule has 1 heterocycles. The lowest BCUT2D eigenvalue weighted by Crippen LogP contribution is -2.05. The number of aromatic nitrogens is 1. The second-order valence-corrected chi connectivity index (χ2v) is 2.59. The van der Waals surface area contributed by atoms with Crippen molar-refractivity contribution in [2.45, 2.75) is 6.92 Å². The number of rotatable bonds is 3. The van der Waals surface area contributed by atoms with Crippen LogP contribution < -0.4 is 5.73 Å². The van der Waals surface area contributed by atoms with Crippen molar-refractivity contribution in [3.63, 3.8) is 0 Å². The molecule has 0 amide bonds. The fourth-order valence-electron chi connectivity index (χ4n) is 0.939. The molecule has 0 aliphatic carbocycles. The van der Waals surface area contributed by atoms with Gasteiger partial charge in [0.25, 0.3) is 0 Å². The second kappa shape index (κ2) is 5.01. The molecule has 14 heavy (non-hydrogen) atoms. The summed E-state index contributed by atoms with van der Waals surface area (Å²) < 4.78 is 4.72. The van der Waals surface area contributed by atoms with Crippen LogP contribution in [0.3, 0.4) is 0 Å². The van der Waals surface area contributed by atoms with Gasteiger partial charge in [0.15, 0.2) is 0 Å². The van der Waals surface area contributed by atoms with Crippen molar-refractivity contribution < 1.29 is 9.53 Å². The van der Waals surface area contributed by atoms with Gasteiger partial charge in [-0.15, -0.1) is 0 Å². The number of hydrogen-bond acceptors (Lipinski definition) is 4. The van der Waals surface area contributed by atoms with E-state index in [-0.39, 0.29) is 0 Å². The molecule has 0 bridgehead atoms. The Morgan fingerprint density at radius 1 is 1.57 bits per heavy atom. The fourth-order valence-corrected chi connectivity index (χ4v) is 0.939. The van der Waals surface area contributed by atoms with Crippen molar-refractivity contribution in [2.75, 3.05) is 6.61 Å². The van der Waals surface area contributed by atoms with Crippen molar-refractivity contribution in [3.8, 4) is 0 Å². The lowest BCUT2D eigenvalue weighted by atomic mass is 10.2. The van der Waals surface area contributed by atoms with Gasteiger partial charge in [0.1, 0.15) is 0 Å². The largest absolute Gasteiger partial charge is 0.463 e. The minimum absolute atomic E-state index is 0.346. The first-order valence-corrected chi connectivity index (χ1v) is 4.28. The summed E-state index contributed by atoms with van der Waals surface area (Å²) in [6.07, 6.45) is 4.49. The van der Waals surface area contributed by atoms with Crippen LogP contribution in [0.5, 0.6) is 0 Å². The molecule has 0 unspecified atom stereocenters. The number of ether oxygens (including phenoxy) is 1. The highest BCUT2D eigenvalue weighted by Gasteiger charge is 2.00. The zero-order valence-corrected chi connectivity index (χ0v) is 7.93. The van der Waals surface area contributed by atoms with Crippen LogP contribution in [0.4, 0.5) is 0 Å². The number of carbonyl (C=O) groups is 1. The van der Waals surface area contributed by atoms with Gasteiger partial charge < -0.3 is 10.5 Å². The molecule has 4 heteroatoms. The summed E-state index contributed by atoms with van der Waals surface area (Å²) in [6.45, 7) is 2.09. The first kappa shape index (κ1) is 10.2. The molecule has 4 nitrogen and oxygen atoms in total. The number of pyridine rings is 1. The first-order chi connectivity index (χ1) is 6.74. The van der Waals surface area contributed by atoms with E-state index < -0.39 is 5.97 Å². The summed E-state index contributed by atoms with van der Waals surface area (Å²) in [5.74, 6) is -0.429. The number of nitrogens with zero attached hydrogens (tertiary/aromatic N) is 1. The van der Waals surface area contributed by atoms with E-state index >= 15 is 0 Å². The maximum atomic E-state index is 11.0. The minimum Gasteiger partial charge on any atom is -0.463 e. The van der Waals surface area contributed by atoms with Crippen LogP contribution in [0.25, 0.3) is 5.70 Å². The Hall–Kier alpha value is -1.84. The molecule has 0 aliphatic heterocycles. The molecule has 0 aliphatic rings. The Kier molecular flexibility index (Phi) is 3.67. The predicted octanol–water partition coefficient (Wildman–Crippen LogP) is 0.944. The van der Waals surface area contributed by atoms with E-state index in [9.17, 15) is 4.79 Å². The normalized spacial score (nSPS) is 11.1. The maximum absolute atomic E-state index is 11.0. The van der Waals surface area contributed by atoms with Gasteiger partial charge in [0.2, 0.25) is 0 Å². The van der Waals surface area contributed by atoms with E-state index in [0.29, 0.717) is 12.3 Å². The van der Waals surface area contributed by atoms with Gasteiger partial charge in [-0.25, -0.2) is 4.79 Å². The smallest absolute Gasteiger partial charge is 0.332 e. The lowest BCUT2D eigenvalue weighted by Gasteiger charge is -2.00. The summed E-state index contributed by atoms with van der Waals surface area (Å²) in [6, 6.07) is 3.45. The number of nitrogens with two attached hydrogens (primary N) is 1. The average Bonchev–Trinajstić information content (AvgIpc) is 2.19. The van der Waals surface area contributed by atoms with Gasteiger partial charge in [-0.05, 0) is 19.1 Å². The minimum atomic E-state index is -0.429. The van der Waals surface area contributed by atoms with E-state index in [4.69, 9.17) is 10.5 Å². The molecule has 0 radical (unpaired) electrons. The Labute approximate surface area is 82.4 Å². The summed E-state index contributed by atoms with van der Waals surface area (Å²) in [5.41, 5.74) is 6.80. The number of esters is 1. The highest BCUT2D eigenvalue weighted by Crippen LogP contribution is 2.06. The van der Waals surface area contributed by atoms with E-state index in [1.54, 1.807) is 31.5 Å². The zero-order valence-electron chi connectivity index (χ0n) is 7.93. The third kappa shape index (κ3) is 2.90. The van der Waals surface area contributed by atoms with Crippen LogP contribution in [0.15, 0.2) is 30.6 Å². The molecule has 74 valence electrons. The number of carbonyl (C=O) groups excluding carboxylic acids is 1. The van der Waals surface area contributed by atoms with Crippen molar-refractivity contribution >= 4 is 11.7 Å². The van der Waals surface area contributed by atoms with Crippen molar-refractivity contribution in [1.29, 1.82) is 0 Å². The van der Waals surface area contributed by atoms with E-state index in [1.165, 1.54) is 6.08 Å². The van der Waals surface area contributed by atoms with Crippen LogP contribution in [0.1, 0.15) is 12.5 Å². The highest BCUT2D eigenvalue weighted by molar-refractivity contribution is 5.90. The van der Waals surface area contributed by atoms with Gasteiger partial charge in [-0.3, -0.25) is 4.98 Å². The van der Waals surface area contributed by atoms with Gasteiger partial charge in [-0.2, -0.15) is 0 Å². The molecule has 0 spiro atoms. The Morgan fingerprint density at radius 2 is 2.21 bits per heavy atom.